The highest BCUT2D eigenvalue weighted by atomic mass is 35.5. The minimum Gasteiger partial charge on any atom is -0.489 e. The summed E-state index contributed by atoms with van der Waals surface area (Å²) in [4.78, 5) is 6.52. The van der Waals surface area contributed by atoms with Gasteiger partial charge in [-0.15, -0.1) is 0 Å². The SMILES string of the molecule is CCNC(=NCC(O)COc1cccc(Cl)c1Cl)N(C)Cc1cccn1C. The van der Waals surface area contributed by atoms with E-state index in [0.29, 0.717) is 22.3 Å². The largest absolute Gasteiger partial charge is 0.489 e. The molecule has 2 aromatic rings. The molecular formula is C19H26Cl2N4O2. The van der Waals surface area contributed by atoms with Crippen molar-refractivity contribution < 1.29 is 9.84 Å². The number of halogens is 2. The molecular weight excluding hydrogens is 387 g/mol. The molecule has 27 heavy (non-hydrogen) atoms. The van der Waals surface area contributed by atoms with Crippen LogP contribution in [-0.2, 0) is 13.6 Å². The van der Waals surface area contributed by atoms with Crippen molar-refractivity contribution >= 4 is 29.2 Å². The molecule has 2 N–H and O–H groups in total. The van der Waals surface area contributed by atoms with E-state index in [2.05, 4.69) is 20.9 Å². The highest BCUT2D eigenvalue weighted by Crippen LogP contribution is 2.31. The minimum absolute atomic E-state index is 0.0739. The van der Waals surface area contributed by atoms with Crippen molar-refractivity contribution in [3.8, 4) is 5.75 Å². The number of aliphatic hydroxyl groups excluding tert-OH is 1. The van der Waals surface area contributed by atoms with Gasteiger partial charge in [0.15, 0.2) is 5.96 Å². The Kier molecular flexibility index (Phi) is 8.28. The summed E-state index contributed by atoms with van der Waals surface area (Å²) in [6, 6.07) is 9.22. The molecule has 0 saturated carbocycles. The lowest BCUT2D eigenvalue weighted by atomic mass is 10.3. The number of benzene rings is 1. The van der Waals surface area contributed by atoms with E-state index in [1.165, 1.54) is 5.69 Å². The van der Waals surface area contributed by atoms with E-state index < -0.39 is 6.10 Å². The van der Waals surface area contributed by atoms with Crippen LogP contribution in [0, 0.1) is 0 Å². The molecule has 0 radical (unpaired) electrons. The zero-order valence-electron chi connectivity index (χ0n) is 15.8. The van der Waals surface area contributed by atoms with Crippen molar-refractivity contribution in [2.45, 2.75) is 19.6 Å². The number of ether oxygens (including phenoxy) is 1. The number of nitrogens with zero attached hydrogens (tertiary/aromatic N) is 3. The summed E-state index contributed by atoms with van der Waals surface area (Å²) in [5.41, 5.74) is 1.17. The van der Waals surface area contributed by atoms with Gasteiger partial charge in [-0.1, -0.05) is 29.3 Å². The molecule has 8 heteroatoms. The van der Waals surface area contributed by atoms with Crippen LogP contribution >= 0.6 is 23.2 Å². The summed E-state index contributed by atoms with van der Waals surface area (Å²) in [6.07, 6.45) is 1.24. The van der Waals surface area contributed by atoms with Gasteiger partial charge in [-0.3, -0.25) is 4.99 Å². The third kappa shape index (κ3) is 6.34. The van der Waals surface area contributed by atoms with Crippen LogP contribution in [0.2, 0.25) is 10.0 Å². The molecule has 6 nitrogen and oxygen atoms in total. The predicted molar refractivity (Wildman–Crippen MR) is 111 cm³/mol. The highest BCUT2D eigenvalue weighted by Gasteiger charge is 2.12. The molecule has 0 bridgehead atoms. The molecule has 0 aliphatic rings. The molecule has 0 aliphatic heterocycles. The Labute approximate surface area is 170 Å². The maximum Gasteiger partial charge on any atom is 0.194 e. The fraction of sp³-hybridized carbons (Fsp3) is 0.421. The topological polar surface area (TPSA) is 62.0 Å². The maximum absolute atomic E-state index is 10.2. The lowest BCUT2D eigenvalue weighted by Gasteiger charge is -2.23. The lowest BCUT2D eigenvalue weighted by molar-refractivity contribution is 0.114. The Morgan fingerprint density at radius 3 is 2.78 bits per heavy atom. The number of hydrogen-bond acceptors (Lipinski definition) is 3. The molecule has 0 spiro atoms. The Hall–Kier alpha value is -1.89. The quantitative estimate of drug-likeness (QED) is 0.516. The van der Waals surface area contributed by atoms with Crippen molar-refractivity contribution in [1.82, 2.24) is 14.8 Å². The van der Waals surface area contributed by atoms with E-state index in [1.807, 2.05) is 38.2 Å². The first-order valence-corrected chi connectivity index (χ1v) is 9.52. The first kappa shape index (κ1) is 21.4. The molecule has 148 valence electrons. The van der Waals surface area contributed by atoms with Crippen molar-refractivity contribution in [2.24, 2.45) is 12.0 Å². The molecule has 1 aromatic carbocycles. The number of aryl methyl sites for hydroxylation is 1. The number of guanidine groups is 1. The number of aliphatic hydroxyl groups is 1. The molecule has 1 atom stereocenters. The van der Waals surface area contributed by atoms with Crippen LogP contribution < -0.4 is 10.1 Å². The monoisotopic (exact) mass is 412 g/mol. The smallest absolute Gasteiger partial charge is 0.194 e. The van der Waals surface area contributed by atoms with Crippen LogP contribution in [0.3, 0.4) is 0 Å². The van der Waals surface area contributed by atoms with E-state index in [-0.39, 0.29) is 13.2 Å². The summed E-state index contributed by atoms with van der Waals surface area (Å²) in [6.45, 7) is 3.73. The molecule has 1 unspecified atom stereocenters. The third-order valence-electron chi connectivity index (χ3n) is 3.95. The second-order valence-electron chi connectivity index (χ2n) is 6.18. The van der Waals surface area contributed by atoms with Gasteiger partial charge in [0.05, 0.1) is 18.1 Å². The first-order chi connectivity index (χ1) is 12.9. The molecule has 0 saturated heterocycles. The number of hydrogen-bond donors (Lipinski definition) is 2. The van der Waals surface area contributed by atoms with Gasteiger partial charge in [-0.05, 0) is 31.2 Å². The van der Waals surface area contributed by atoms with Gasteiger partial charge in [-0.25, -0.2) is 0 Å². The zero-order valence-corrected chi connectivity index (χ0v) is 17.3. The first-order valence-electron chi connectivity index (χ1n) is 8.76. The third-order valence-corrected chi connectivity index (χ3v) is 4.75. The van der Waals surface area contributed by atoms with Gasteiger partial charge >= 0.3 is 0 Å². The van der Waals surface area contributed by atoms with Gasteiger partial charge in [0.2, 0.25) is 0 Å². The fourth-order valence-corrected chi connectivity index (χ4v) is 2.82. The zero-order chi connectivity index (χ0) is 19.8. The molecule has 1 heterocycles. The van der Waals surface area contributed by atoms with Gasteiger partial charge in [-0.2, -0.15) is 0 Å². The molecule has 0 amide bonds. The normalized spacial score (nSPS) is 12.7. The van der Waals surface area contributed by atoms with Crippen LogP contribution in [0.5, 0.6) is 5.75 Å². The summed E-state index contributed by atoms with van der Waals surface area (Å²) < 4.78 is 7.63. The maximum atomic E-state index is 10.2. The predicted octanol–water partition coefficient (Wildman–Crippen LogP) is 3.17. The second-order valence-corrected chi connectivity index (χ2v) is 6.96. The molecule has 0 fully saturated rings. The van der Waals surface area contributed by atoms with Crippen LogP contribution in [0.4, 0.5) is 0 Å². The van der Waals surface area contributed by atoms with Crippen LogP contribution in [-0.4, -0.2) is 53.4 Å². The van der Waals surface area contributed by atoms with E-state index in [0.717, 1.165) is 12.5 Å². The van der Waals surface area contributed by atoms with Gasteiger partial charge in [0.1, 0.15) is 23.5 Å². The summed E-state index contributed by atoms with van der Waals surface area (Å²) in [5, 5.41) is 14.2. The Balaban J connectivity index is 1.92. The number of rotatable bonds is 8. The van der Waals surface area contributed by atoms with Gasteiger partial charge in [0, 0.05) is 32.5 Å². The average Bonchev–Trinajstić information content (AvgIpc) is 3.04. The Morgan fingerprint density at radius 2 is 2.11 bits per heavy atom. The van der Waals surface area contributed by atoms with Crippen LogP contribution in [0.15, 0.2) is 41.5 Å². The summed E-state index contributed by atoms with van der Waals surface area (Å²) in [5.74, 6) is 1.17. The van der Waals surface area contributed by atoms with Crippen molar-refractivity contribution in [3.63, 3.8) is 0 Å². The van der Waals surface area contributed by atoms with Crippen molar-refractivity contribution in [3.05, 3.63) is 52.3 Å². The Bertz CT molecular complexity index is 764. The van der Waals surface area contributed by atoms with Gasteiger partial charge < -0.3 is 24.6 Å². The number of aromatic nitrogens is 1. The minimum atomic E-state index is -0.767. The van der Waals surface area contributed by atoms with E-state index in [9.17, 15) is 5.11 Å². The van der Waals surface area contributed by atoms with Gasteiger partial charge in [0.25, 0.3) is 0 Å². The van der Waals surface area contributed by atoms with Crippen LogP contribution in [0.1, 0.15) is 12.6 Å². The second kappa shape index (κ2) is 10.4. The molecule has 1 aromatic heterocycles. The van der Waals surface area contributed by atoms with Crippen molar-refractivity contribution in [2.75, 3.05) is 26.7 Å². The number of aliphatic imine (C=N–C) groups is 1. The standard InChI is InChI=1S/C19H26Cl2N4O2/c1-4-22-19(25(3)12-14-7-6-10-24(14)2)23-11-15(26)13-27-17-9-5-8-16(20)18(17)21/h5-10,15,26H,4,11-13H2,1-3H3,(H,22,23). The highest BCUT2D eigenvalue weighted by molar-refractivity contribution is 6.42. The molecule has 2 rings (SSSR count). The average molecular weight is 413 g/mol. The van der Waals surface area contributed by atoms with E-state index in [1.54, 1.807) is 18.2 Å². The Morgan fingerprint density at radius 1 is 1.33 bits per heavy atom. The number of nitrogens with one attached hydrogen (secondary N) is 1. The van der Waals surface area contributed by atoms with Crippen LogP contribution in [0.25, 0.3) is 0 Å². The summed E-state index contributed by atoms with van der Waals surface area (Å²) in [7, 11) is 3.97. The van der Waals surface area contributed by atoms with E-state index >= 15 is 0 Å². The van der Waals surface area contributed by atoms with Crippen molar-refractivity contribution in [1.29, 1.82) is 0 Å². The summed E-state index contributed by atoms with van der Waals surface area (Å²) >= 11 is 12.0. The van der Waals surface area contributed by atoms with E-state index in [4.69, 9.17) is 27.9 Å². The fourth-order valence-electron chi connectivity index (χ4n) is 2.47. The lowest BCUT2D eigenvalue weighted by Crippen LogP contribution is -2.39. The molecule has 0 aliphatic carbocycles.